The molecule has 4 rings (SSSR count). The van der Waals surface area contributed by atoms with Crippen molar-refractivity contribution >= 4 is 21.6 Å². The van der Waals surface area contributed by atoms with E-state index in [0.717, 1.165) is 15.8 Å². The number of aromatic nitrogens is 2. The van der Waals surface area contributed by atoms with Crippen LogP contribution in [0, 0.1) is 0 Å². The number of fused-ring (bicyclic) bond motifs is 1. The molecule has 0 saturated heterocycles. The molecule has 2 aromatic carbocycles. The third kappa shape index (κ3) is 2.70. The van der Waals surface area contributed by atoms with E-state index in [1.807, 2.05) is 72.8 Å². The molecule has 0 spiro atoms. The van der Waals surface area contributed by atoms with Crippen molar-refractivity contribution in [2.45, 2.75) is 12.0 Å². The molecule has 0 aliphatic carbocycles. The van der Waals surface area contributed by atoms with E-state index in [4.69, 9.17) is 0 Å². The lowest BCUT2D eigenvalue weighted by Crippen LogP contribution is -2.31. The van der Waals surface area contributed by atoms with Crippen LogP contribution in [0.25, 0.3) is 10.2 Å². The van der Waals surface area contributed by atoms with Gasteiger partial charge in [0.25, 0.3) is 0 Å². The smallest absolute Gasteiger partial charge is 0.162 e. The van der Waals surface area contributed by atoms with E-state index in [-0.39, 0.29) is 0 Å². The zero-order valence-corrected chi connectivity index (χ0v) is 13.8. The first kappa shape index (κ1) is 15.0. The van der Waals surface area contributed by atoms with Crippen LogP contribution in [0.5, 0.6) is 0 Å². The maximum absolute atomic E-state index is 11.6. The minimum Gasteiger partial charge on any atom is -0.376 e. The van der Waals surface area contributed by atoms with Gasteiger partial charge in [0.1, 0.15) is 5.01 Å². The van der Waals surface area contributed by atoms with Crippen LogP contribution in [0.3, 0.4) is 0 Å². The van der Waals surface area contributed by atoms with Crippen molar-refractivity contribution in [1.82, 2.24) is 9.97 Å². The molecule has 24 heavy (non-hydrogen) atoms. The second kappa shape index (κ2) is 6.15. The zero-order valence-electron chi connectivity index (χ0n) is 13.0. The molecule has 0 radical (unpaired) electrons. The Morgan fingerprint density at radius 3 is 2.38 bits per heavy atom. The van der Waals surface area contributed by atoms with Crippen LogP contribution >= 0.6 is 11.3 Å². The number of aliphatic hydroxyl groups is 1. The molecule has 1 atom stereocenters. The molecule has 0 aliphatic heterocycles. The third-order valence-electron chi connectivity index (χ3n) is 4.04. The van der Waals surface area contributed by atoms with Gasteiger partial charge in [0.05, 0.1) is 15.9 Å². The van der Waals surface area contributed by atoms with E-state index in [1.165, 1.54) is 11.3 Å². The number of thiazole rings is 1. The largest absolute Gasteiger partial charge is 0.376 e. The van der Waals surface area contributed by atoms with E-state index in [1.54, 1.807) is 6.20 Å². The summed E-state index contributed by atoms with van der Waals surface area (Å²) in [6.07, 6.45) is 2.14. The van der Waals surface area contributed by atoms with Crippen LogP contribution in [0.15, 0.2) is 79.0 Å². The number of rotatable bonds is 4. The quantitative estimate of drug-likeness (QED) is 0.610. The first-order chi connectivity index (χ1) is 11.8. The van der Waals surface area contributed by atoms with E-state index >= 15 is 0 Å². The molecule has 0 amide bonds. The summed E-state index contributed by atoms with van der Waals surface area (Å²) in [5, 5.41) is 12.3. The summed E-state index contributed by atoms with van der Waals surface area (Å²) in [4.78, 5) is 9.10. The van der Waals surface area contributed by atoms with Crippen LogP contribution < -0.4 is 0 Å². The highest BCUT2D eigenvalue weighted by Gasteiger charge is 2.36. The Morgan fingerprint density at radius 1 is 0.875 bits per heavy atom. The Balaban J connectivity index is 1.86. The Labute approximate surface area is 144 Å². The fraction of sp³-hybridized carbons (Fsp3) is 0.100. The molecule has 4 aromatic rings. The Kier molecular flexibility index (Phi) is 3.84. The van der Waals surface area contributed by atoms with Gasteiger partial charge in [-0.15, -0.1) is 11.3 Å². The second-order valence-corrected chi connectivity index (χ2v) is 6.76. The lowest BCUT2D eigenvalue weighted by atomic mass is 9.91. The molecule has 0 bridgehead atoms. The molecule has 1 unspecified atom stereocenters. The van der Waals surface area contributed by atoms with E-state index in [9.17, 15) is 5.11 Å². The zero-order chi connectivity index (χ0) is 16.4. The lowest BCUT2D eigenvalue weighted by molar-refractivity contribution is 0.0764. The van der Waals surface area contributed by atoms with Crippen molar-refractivity contribution in [1.29, 1.82) is 0 Å². The van der Waals surface area contributed by atoms with Gasteiger partial charge in [-0.3, -0.25) is 4.98 Å². The van der Waals surface area contributed by atoms with Crippen LogP contribution in [-0.2, 0) is 12.0 Å². The molecular weight excluding hydrogens is 316 g/mol. The third-order valence-corrected chi connectivity index (χ3v) is 5.23. The molecule has 2 heterocycles. The average Bonchev–Trinajstić information content (AvgIpc) is 3.08. The molecule has 4 heteroatoms. The highest BCUT2D eigenvalue weighted by Crippen LogP contribution is 2.36. The number of pyridine rings is 1. The number of hydrogen-bond acceptors (Lipinski definition) is 4. The van der Waals surface area contributed by atoms with Crippen LogP contribution in [0.2, 0.25) is 0 Å². The highest BCUT2D eigenvalue weighted by molar-refractivity contribution is 7.18. The molecule has 0 aliphatic rings. The number of para-hydroxylation sites is 1. The van der Waals surface area contributed by atoms with Gasteiger partial charge in [-0.1, -0.05) is 48.5 Å². The van der Waals surface area contributed by atoms with E-state index in [2.05, 4.69) is 9.97 Å². The summed E-state index contributed by atoms with van der Waals surface area (Å²) in [6.45, 7) is 0. The lowest BCUT2D eigenvalue weighted by Gasteiger charge is -2.25. The van der Waals surface area contributed by atoms with Crippen molar-refractivity contribution in [3.63, 3.8) is 0 Å². The summed E-state index contributed by atoms with van der Waals surface area (Å²) in [6, 6.07) is 23.5. The van der Waals surface area contributed by atoms with Crippen molar-refractivity contribution < 1.29 is 5.11 Å². The van der Waals surface area contributed by atoms with Crippen LogP contribution in [-0.4, -0.2) is 15.1 Å². The van der Waals surface area contributed by atoms with Gasteiger partial charge < -0.3 is 5.11 Å². The van der Waals surface area contributed by atoms with E-state index in [0.29, 0.717) is 17.1 Å². The maximum atomic E-state index is 11.6. The summed E-state index contributed by atoms with van der Waals surface area (Å²) in [5.74, 6) is 0. The summed E-state index contributed by atoms with van der Waals surface area (Å²) in [7, 11) is 0. The first-order valence-electron chi connectivity index (χ1n) is 7.79. The fourth-order valence-electron chi connectivity index (χ4n) is 2.82. The normalized spacial score (nSPS) is 13.7. The highest BCUT2D eigenvalue weighted by atomic mass is 32.1. The van der Waals surface area contributed by atoms with E-state index < -0.39 is 5.60 Å². The standard InChI is InChI=1S/C20H16N2OS/c23-20(18-12-6-7-13-21-18,14-15-8-2-1-3-9-15)19-22-16-10-4-5-11-17(16)24-19/h1-13,23H,14H2. The van der Waals surface area contributed by atoms with Gasteiger partial charge in [0.2, 0.25) is 0 Å². The van der Waals surface area contributed by atoms with Crippen molar-refractivity contribution in [2.75, 3.05) is 0 Å². The van der Waals surface area contributed by atoms with Gasteiger partial charge in [-0.2, -0.15) is 0 Å². The Hall–Kier alpha value is -2.56. The van der Waals surface area contributed by atoms with Crippen molar-refractivity contribution in [3.05, 3.63) is 95.3 Å². The predicted octanol–water partition coefficient (Wildman–Crippen LogP) is 4.17. The fourth-order valence-corrected chi connectivity index (χ4v) is 3.89. The minimum absolute atomic E-state index is 0.435. The number of nitrogens with zero attached hydrogens (tertiary/aromatic N) is 2. The van der Waals surface area contributed by atoms with Gasteiger partial charge in [0, 0.05) is 12.6 Å². The average molecular weight is 332 g/mol. The molecular formula is C20H16N2OS. The Bertz CT molecular complexity index is 920. The Morgan fingerprint density at radius 2 is 1.62 bits per heavy atom. The molecule has 1 N–H and O–H groups in total. The predicted molar refractivity (Wildman–Crippen MR) is 97.0 cm³/mol. The van der Waals surface area contributed by atoms with Gasteiger partial charge in [-0.25, -0.2) is 4.98 Å². The number of benzene rings is 2. The molecule has 0 fully saturated rings. The molecule has 0 saturated carbocycles. The molecule has 118 valence electrons. The molecule has 3 nitrogen and oxygen atoms in total. The SMILES string of the molecule is OC(Cc1ccccc1)(c1ccccn1)c1nc2ccccc2s1. The topological polar surface area (TPSA) is 46.0 Å². The maximum Gasteiger partial charge on any atom is 0.162 e. The summed E-state index contributed by atoms with van der Waals surface area (Å²) in [5.41, 5.74) is 1.32. The van der Waals surface area contributed by atoms with Crippen LogP contribution in [0.4, 0.5) is 0 Å². The first-order valence-corrected chi connectivity index (χ1v) is 8.61. The minimum atomic E-state index is -1.24. The monoisotopic (exact) mass is 332 g/mol. The summed E-state index contributed by atoms with van der Waals surface area (Å²) >= 11 is 1.52. The van der Waals surface area contributed by atoms with Gasteiger partial charge in [-0.05, 0) is 29.8 Å². The van der Waals surface area contributed by atoms with Crippen molar-refractivity contribution in [3.8, 4) is 0 Å². The summed E-state index contributed by atoms with van der Waals surface area (Å²) < 4.78 is 1.06. The molecule has 2 aromatic heterocycles. The van der Waals surface area contributed by atoms with Gasteiger partial charge >= 0.3 is 0 Å². The van der Waals surface area contributed by atoms with Crippen molar-refractivity contribution in [2.24, 2.45) is 0 Å². The van der Waals surface area contributed by atoms with Crippen LogP contribution in [0.1, 0.15) is 16.3 Å². The second-order valence-electron chi connectivity index (χ2n) is 5.72. The van der Waals surface area contributed by atoms with Gasteiger partial charge in [0.15, 0.2) is 5.60 Å². The number of hydrogen-bond donors (Lipinski definition) is 1.